The molecule has 12 rings (SSSR count). The van der Waals surface area contributed by atoms with Crippen LogP contribution in [0.25, 0.3) is 87.6 Å². The number of anilines is 3. The zero-order valence-electron chi connectivity index (χ0n) is 36.0. The predicted octanol–water partition coefficient (Wildman–Crippen LogP) is 18.0. The van der Waals surface area contributed by atoms with Gasteiger partial charge in [0, 0.05) is 16.9 Å². The molecule has 0 atom stereocenters. The minimum atomic E-state index is 1.02. The van der Waals surface area contributed by atoms with E-state index in [4.69, 9.17) is 0 Å². The van der Waals surface area contributed by atoms with Crippen LogP contribution in [0.5, 0.6) is 0 Å². The lowest BCUT2D eigenvalue weighted by molar-refractivity contribution is 1.06. The van der Waals surface area contributed by atoms with Crippen LogP contribution < -0.4 is 4.90 Å². The standard InChI is InChI=1S/C64H45N/c1-2-12-46(13-3-1)63-22-8-9-23-64(63)65(57-34-28-44(29-35-57)49-16-10-18-51(40-49)53-32-38-61-55(42-53)26-24-47-14-4-6-20-59(47)61)58-36-30-45(31-37-58)50-17-11-19-52(41-50)54-33-39-62-56(43-54)27-25-48-15-5-7-21-60(48)62/h1-10,12-16,18-43H,11,17H2. The van der Waals surface area contributed by atoms with Crippen molar-refractivity contribution in [1.29, 1.82) is 0 Å². The molecule has 0 saturated heterocycles. The van der Waals surface area contributed by atoms with E-state index in [1.807, 2.05) is 0 Å². The lowest BCUT2D eigenvalue weighted by atomic mass is 9.89. The summed E-state index contributed by atoms with van der Waals surface area (Å²) in [5.74, 6) is 0. The zero-order chi connectivity index (χ0) is 43.1. The Morgan fingerprint density at radius 2 is 0.800 bits per heavy atom. The van der Waals surface area contributed by atoms with Crippen molar-refractivity contribution in [2.24, 2.45) is 0 Å². The molecule has 0 spiro atoms. The minimum Gasteiger partial charge on any atom is -0.310 e. The molecule has 0 aromatic heterocycles. The quantitative estimate of drug-likeness (QED) is 0.138. The van der Waals surface area contributed by atoms with Gasteiger partial charge in [0.05, 0.1) is 5.69 Å². The van der Waals surface area contributed by atoms with Crippen LogP contribution in [0, 0.1) is 0 Å². The van der Waals surface area contributed by atoms with Crippen molar-refractivity contribution in [3.63, 3.8) is 0 Å². The first-order valence-electron chi connectivity index (χ1n) is 22.7. The van der Waals surface area contributed by atoms with E-state index in [-0.39, 0.29) is 0 Å². The molecule has 11 aromatic rings. The molecule has 0 unspecified atom stereocenters. The van der Waals surface area contributed by atoms with Gasteiger partial charge in [-0.3, -0.25) is 0 Å². The monoisotopic (exact) mass is 827 g/mol. The van der Waals surface area contributed by atoms with Gasteiger partial charge in [0.25, 0.3) is 0 Å². The van der Waals surface area contributed by atoms with E-state index in [1.54, 1.807) is 0 Å². The van der Waals surface area contributed by atoms with E-state index >= 15 is 0 Å². The van der Waals surface area contributed by atoms with E-state index in [9.17, 15) is 0 Å². The maximum atomic E-state index is 2.41. The molecule has 0 N–H and O–H groups in total. The van der Waals surface area contributed by atoms with Crippen molar-refractivity contribution in [3.05, 3.63) is 260 Å². The fourth-order valence-electron chi connectivity index (χ4n) is 9.98. The van der Waals surface area contributed by atoms with Crippen molar-refractivity contribution in [1.82, 2.24) is 0 Å². The van der Waals surface area contributed by atoms with Gasteiger partial charge in [-0.1, -0.05) is 200 Å². The van der Waals surface area contributed by atoms with E-state index in [0.717, 1.165) is 29.9 Å². The summed E-state index contributed by atoms with van der Waals surface area (Å²) in [6.07, 6.45) is 6.83. The fraction of sp³-hybridized carbons (Fsp3) is 0.0312. The second kappa shape index (κ2) is 16.5. The Labute approximate surface area is 380 Å². The van der Waals surface area contributed by atoms with E-state index < -0.39 is 0 Å². The van der Waals surface area contributed by atoms with Gasteiger partial charge in [0.2, 0.25) is 0 Å². The highest BCUT2D eigenvalue weighted by Gasteiger charge is 2.19. The van der Waals surface area contributed by atoms with Crippen LogP contribution >= 0.6 is 0 Å². The van der Waals surface area contributed by atoms with Crippen LogP contribution in [0.2, 0.25) is 0 Å². The van der Waals surface area contributed by atoms with Gasteiger partial charge in [-0.2, -0.15) is 0 Å². The number of hydrogen-bond donors (Lipinski definition) is 0. The van der Waals surface area contributed by atoms with Crippen molar-refractivity contribution in [2.75, 3.05) is 4.90 Å². The molecule has 0 aliphatic heterocycles. The first-order chi connectivity index (χ1) is 32.2. The van der Waals surface area contributed by atoms with Gasteiger partial charge in [-0.15, -0.1) is 0 Å². The molecule has 0 heterocycles. The fourth-order valence-corrected chi connectivity index (χ4v) is 9.98. The van der Waals surface area contributed by atoms with Crippen LogP contribution in [0.3, 0.4) is 0 Å². The van der Waals surface area contributed by atoms with Gasteiger partial charge < -0.3 is 4.90 Å². The van der Waals surface area contributed by atoms with E-state index in [0.29, 0.717) is 0 Å². The second-order valence-electron chi connectivity index (χ2n) is 17.2. The molecular formula is C64H45N. The lowest BCUT2D eigenvalue weighted by Gasteiger charge is -2.28. The minimum absolute atomic E-state index is 1.02. The number of hydrogen-bond acceptors (Lipinski definition) is 1. The highest BCUT2D eigenvalue weighted by molar-refractivity contribution is 6.09. The van der Waals surface area contributed by atoms with Crippen molar-refractivity contribution in [3.8, 4) is 33.4 Å². The Kier molecular flexibility index (Phi) is 9.73. The summed E-state index contributed by atoms with van der Waals surface area (Å²) in [6, 6.07) is 86.8. The van der Waals surface area contributed by atoms with E-state index in [1.165, 1.54) is 98.7 Å². The summed E-state index contributed by atoms with van der Waals surface area (Å²) >= 11 is 0. The first kappa shape index (κ1) is 38.4. The SMILES string of the molecule is C1=C(c2ccc3c(ccc4ccccc43)c2)C=C(c2ccc(N(c3ccc(-c4cccc(-c5ccc6c(ccc7ccccc76)c5)c4)cc3)c3ccccc3-c3ccccc3)cc2)CC1. The van der Waals surface area contributed by atoms with Crippen LogP contribution in [-0.2, 0) is 0 Å². The van der Waals surface area contributed by atoms with Crippen molar-refractivity contribution < 1.29 is 0 Å². The zero-order valence-corrected chi connectivity index (χ0v) is 36.0. The predicted molar refractivity (Wildman–Crippen MR) is 279 cm³/mol. The van der Waals surface area contributed by atoms with Crippen molar-refractivity contribution in [2.45, 2.75) is 12.8 Å². The maximum absolute atomic E-state index is 2.41. The average Bonchev–Trinajstić information content (AvgIpc) is 3.39. The number of benzene rings is 11. The Balaban J connectivity index is 0.873. The average molecular weight is 828 g/mol. The van der Waals surface area contributed by atoms with Crippen LogP contribution in [0.15, 0.2) is 249 Å². The molecule has 1 heteroatoms. The van der Waals surface area contributed by atoms with Gasteiger partial charge in [0.1, 0.15) is 0 Å². The number of para-hydroxylation sites is 1. The summed E-state index contributed by atoms with van der Waals surface area (Å²) in [7, 11) is 0. The summed E-state index contributed by atoms with van der Waals surface area (Å²) < 4.78 is 0. The summed E-state index contributed by atoms with van der Waals surface area (Å²) in [4.78, 5) is 2.41. The van der Waals surface area contributed by atoms with Crippen LogP contribution in [-0.4, -0.2) is 0 Å². The third kappa shape index (κ3) is 7.28. The maximum Gasteiger partial charge on any atom is 0.0540 e. The molecular weight excluding hydrogens is 783 g/mol. The second-order valence-corrected chi connectivity index (χ2v) is 17.2. The number of allylic oxidation sites excluding steroid dienone is 4. The first-order valence-corrected chi connectivity index (χ1v) is 22.7. The molecule has 0 bridgehead atoms. The lowest BCUT2D eigenvalue weighted by Crippen LogP contribution is -2.11. The molecule has 1 aliphatic carbocycles. The molecule has 11 aromatic carbocycles. The highest BCUT2D eigenvalue weighted by Crippen LogP contribution is 2.43. The Morgan fingerprint density at radius 1 is 0.308 bits per heavy atom. The smallest absolute Gasteiger partial charge is 0.0540 e. The summed E-state index contributed by atoms with van der Waals surface area (Å²) in [5.41, 5.74) is 15.7. The van der Waals surface area contributed by atoms with Gasteiger partial charge >= 0.3 is 0 Å². The van der Waals surface area contributed by atoms with Crippen molar-refractivity contribution >= 4 is 71.3 Å². The third-order valence-corrected chi connectivity index (χ3v) is 13.3. The molecule has 0 amide bonds. The highest BCUT2D eigenvalue weighted by atomic mass is 15.1. The molecule has 306 valence electrons. The molecule has 1 nitrogen and oxygen atoms in total. The third-order valence-electron chi connectivity index (χ3n) is 13.3. The molecule has 0 saturated carbocycles. The normalized spacial score (nSPS) is 12.7. The molecule has 0 fully saturated rings. The summed E-state index contributed by atoms with van der Waals surface area (Å²) in [5, 5.41) is 10.3. The topological polar surface area (TPSA) is 3.24 Å². The Hall–Kier alpha value is -8.26. The number of fused-ring (bicyclic) bond motifs is 6. The van der Waals surface area contributed by atoms with E-state index in [2.05, 4.69) is 254 Å². The number of rotatable bonds is 8. The Bertz CT molecular complexity index is 3630. The van der Waals surface area contributed by atoms with Gasteiger partial charge in [-0.25, -0.2) is 0 Å². The molecule has 1 aliphatic rings. The van der Waals surface area contributed by atoms with Crippen LogP contribution in [0.1, 0.15) is 24.0 Å². The summed E-state index contributed by atoms with van der Waals surface area (Å²) in [6.45, 7) is 0. The molecule has 65 heavy (non-hydrogen) atoms. The molecule has 0 radical (unpaired) electrons. The largest absolute Gasteiger partial charge is 0.310 e. The van der Waals surface area contributed by atoms with Gasteiger partial charge in [-0.05, 0) is 155 Å². The van der Waals surface area contributed by atoms with Gasteiger partial charge in [0.15, 0.2) is 0 Å². The van der Waals surface area contributed by atoms with Crippen LogP contribution in [0.4, 0.5) is 17.1 Å². The number of nitrogens with zero attached hydrogens (tertiary/aromatic N) is 1. The Morgan fingerprint density at radius 3 is 1.49 bits per heavy atom.